The summed E-state index contributed by atoms with van der Waals surface area (Å²) >= 11 is 0. The van der Waals surface area contributed by atoms with Crippen LogP contribution >= 0.6 is 0 Å². The molecule has 7 heteroatoms. The molecule has 0 aliphatic heterocycles. The molecular weight excluding hydrogens is 245 g/mol. The summed E-state index contributed by atoms with van der Waals surface area (Å²) in [6.07, 6.45) is -0.462. The molecule has 2 rings (SSSR count). The fourth-order valence-electron chi connectivity index (χ4n) is 1.48. The van der Waals surface area contributed by atoms with Gasteiger partial charge in [-0.1, -0.05) is 13.8 Å². The van der Waals surface area contributed by atoms with Crippen molar-refractivity contribution in [2.24, 2.45) is 0 Å². The number of halogens is 3. The molecule has 96 valence electrons. The maximum Gasteiger partial charge on any atom is 0.420 e. The van der Waals surface area contributed by atoms with Crippen molar-refractivity contribution in [1.29, 1.82) is 0 Å². The summed E-state index contributed by atoms with van der Waals surface area (Å²) in [6.45, 7) is 3.62. The highest BCUT2D eigenvalue weighted by molar-refractivity contribution is 5.37. The highest BCUT2D eigenvalue weighted by atomic mass is 19.4. The molecule has 0 spiro atoms. The molecule has 0 fully saturated rings. The predicted molar refractivity (Wildman–Crippen MR) is 58.2 cm³/mol. The molecule has 2 aromatic rings. The first-order valence-corrected chi connectivity index (χ1v) is 5.33. The highest BCUT2D eigenvalue weighted by Gasteiger charge is 2.36. The molecule has 0 bridgehead atoms. The van der Waals surface area contributed by atoms with Crippen LogP contribution in [0.3, 0.4) is 0 Å². The van der Waals surface area contributed by atoms with Crippen LogP contribution in [0.4, 0.5) is 13.2 Å². The SMILES string of the molecule is CC(C)c1cnc(-n2nccn2)c(C(F)(F)F)c1. The van der Waals surface area contributed by atoms with Crippen molar-refractivity contribution in [3.63, 3.8) is 0 Å². The lowest BCUT2D eigenvalue weighted by Crippen LogP contribution is -2.15. The van der Waals surface area contributed by atoms with Crippen molar-refractivity contribution in [3.05, 3.63) is 35.8 Å². The zero-order valence-corrected chi connectivity index (χ0v) is 9.81. The molecule has 0 aromatic carbocycles. The molecular formula is C11H11F3N4. The lowest BCUT2D eigenvalue weighted by Gasteiger charge is -2.14. The lowest BCUT2D eigenvalue weighted by atomic mass is 10.0. The van der Waals surface area contributed by atoms with E-state index in [1.807, 2.05) is 13.8 Å². The molecule has 0 atom stereocenters. The third kappa shape index (κ3) is 2.34. The van der Waals surface area contributed by atoms with Gasteiger partial charge in [0.05, 0.1) is 12.4 Å². The number of aromatic nitrogens is 4. The fraction of sp³-hybridized carbons (Fsp3) is 0.364. The Balaban J connectivity index is 2.60. The summed E-state index contributed by atoms with van der Waals surface area (Å²) < 4.78 is 38.9. The van der Waals surface area contributed by atoms with E-state index in [1.54, 1.807) is 0 Å². The molecule has 0 saturated carbocycles. The van der Waals surface area contributed by atoms with Gasteiger partial charge in [0.2, 0.25) is 0 Å². The molecule has 0 aliphatic rings. The van der Waals surface area contributed by atoms with E-state index in [-0.39, 0.29) is 11.7 Å². The molecule has 2 heterocycles. The monoisotopic (exact) mass is 256 g/mol. The molecule has 4 nitrogen and oxygen atoms in total. The number of hydrogen-bond acceptors (Lipinski definition) is 3. The Morgan fingerprint density at radius 2 is 1.78 bits per heavy atom. The highest BCUT2D eigenvalue weighted by Crippen LogP contribution is 2.34. The zero-order valence-electron chi connectivity index (χ0n) is 9.81. The van der Waals surface area contributed by atoms with Gasteiger partial charge in [-0.15, -0.1) is 4.80 Å². The van der Waals surface area contributed by atoms with Gasteiger partial charge < -0.3 is 0 Å². The third-order valence-corrected chi connectivity index (χ3v) is 2.47. The van der Waals surface area contributed by atoms with Crippen LogP contribution < -0.4 is 0 Å². The number of alkyl halides is 3. The summed E-state index contributed by atoms with van der Waals surface area (Å²) in [5.41, 5.74) is -0.303. The van der Waals surface area contributed by atoms with Gasteiger partial charge in [0, 0.05) is 6.20 Å². The average Bonchev–Trinajstić information content (AvgIpc) is 2.80. The molecule has 2 aromatic heterocycles. The summed E-state index contributed by atoms with van der Waals surface area (Å²) in [5, 5.41) is 7.36. The van der Waals surface area contributed by atoms with Gasteiger partial charge in [0.1, 0.15) is 5.56 Å². The van der Waals surface area contributed by atoms with E-state index in [1.165, 1.54) is 18.6 Å². The van der Waals surface area contributed by atoms with Gasteiger partial charge in [-0.05, 0) is 17.5 Å². The van der Waals surface area contributed by atoms with E-state index in [9.17, 15) is 13.2 Å². The van der Waals surface area contributed by atoms with Gasteiger partial charge in [-0.2, -0.15) is 23.4 Å². The molecule has 0 N–H and O–H groups in total. The van der Waals surface area contributed by atoms with Crippen LogP contribution in [-0.4, -0.2) is 20.0 Å². The van der Waals surface area contributed by atoms with Crippen LogP contribution in [0.5, 0.6) is 0 Å². The van der Waals surface area contributed by atoms with Gasteiger partial charge in [-0.25, -0.2) is 4.98 Å². The van der Waals surface area contributed by atoms with E-state index in [4.69, 9.17) is 0 Å². The Morgan fingerprint density at radius 3 is 2.28 bits per heavy atom. The smallest absolute Gasteiger partial charge is 0.235 e. The standard InChI is InChI=1S/C11H11F3N4/c1-7(2)8-5-9(11(12,13)14)10(15-6-8)18-16-3-4-17-18/h3-7H,1-2H3. The van der Waals surface area contributed by atoms with E-state index in [0.717, 1.165) is 10.9 Å². The van der Waals surface area contributed by atoms with Crippen molar-refractivity contribution >= 4 is 0 Å². The normalized spacial score (nSPS) is 12.1. The second kappa shape index (κ2) is 4.40. The van der Waals surface area contributed by atoms with Crippen molar-refractivity contribution in [2.75, 3.05) is 0 Å². The zero-order chi connectivity index (χ0) is 13.3. The molecule has 0 radical (unpaired) electrons. The molecule has 0 aliphatic carbocycles. The second-order valence-corrected chi connectivity index (χ2v) is 4.11. The Bertz CT molecular complexity index is 532. The van der Waals surface area contributed by atoms with Gasteiger partial charge >= 0.3 is 6.18 Å². The van der Waals surface area contributed by atoms with Crippen molar-refractivity contribution in [2.45, 2.75) is 25.9 Å². The Hall–Kier alpha value is -1.92. The van der Waals surface area contributed by atoms with E-state index >= 15 is 0 Å². The van der Waals surface area contributed by atoms with Crippen LogP contribution in [0.1, 0.15) is 30.9 Å². The minimum atomic E-state index is -4.49. The number of nitrogens with zero attached hydrogens (tertiary/aromatic N) is 4. The van der Waals surface area contributed by atoms with E-state index in [2.05, 4.69) is 15.2 Å². The summed E-state index contributed by atoms with van der Waals surface area (Å²) in [5.74, 6) is -0.338. The molecule has 18 heavy (non-hydrogen) atoms. The van der Waals surface area contributed by atoms with E-state index in [0.29, 0.717) is 5.56 Å². The average molecular weight is 256 g/mol. The van der Waals surface area contributed by atoms with Crippen molar-refractivity contribution in [1.82, 2.24) is 20.0 Å². The van der Waals surface area contributed by atoms with Crippen molar-refractivity contribution < 1.29 is 13.2 Å². The number of rotatable bonds is 2. The maximum absolute atomic E-state index is 13.0. The molecule has 0 saturated heterocycles. The fourth-order valence-corrected chi connectivity index (χ4v) is 1.48. The predicted octanol–water partition coefficient (Wildman–Crippen LogP) is 2.80. The summed E-state index contributed by atoms with van der Waals surface area (Å²) in [6, 6.07) is 1.09. The second-order valence-electron chi connectivity index (χ2n) is 4.11. The first-order chi connectivity index (χ1) is 8.39. The Labute approximate surface area is 101 Å². The largest absolute Gasteiger partial charge is 0.420 e. The van der Waals surface area contributed by atoms with E-state index < -0.39 is 11.7 Å². The van der Waals surface area contributed by atoms with Crippen LogP contribution in [0.15, 0.2) is 24.7 Å². The van der Waals surface area contributed by atoms with Crippen LogP contribution in [0, 0.1) is 0 Å². The maximum atomic E-state index is 13.0. The van der Waals surface area contributed by atoms with Crippen LogP contribution in [0.2, 0.25) is 0 Å². The molecule has 0 unspecified atom stereocenters. The minimum Gasteiger partial charge on any atom is -0.235 e. The third-order valence-electron chi connectivity index (χ3n) is 2.47. The summed E-state index contributed by atoms with van der Waals surface area (Å²) in [4.78, 5) is 4.69. The van der Waals surface area contributed by atoms with Gasteiger partial charge in [0.25, 0.3) is 0 Å². The first kappa shape index (κ1) is 12.5. The minimum absolute atomic E-state index is 0.0294. The quantitative estimate of drug-likeness (QED) is 0.829. The topological polar surface area (TPSA) is 43.6 Å². The Morgan fingerprint density at radius 1 is 1.17 bits per heavy atom. The van der Waals surface area contributed by atoms with Crippen LogP contribution in [0.25, 0.3) is 5.82 Å². The Kier molecular flexibility index (Phi) is 3.06. The van der Waals surface area contributed by atoms with Gasteiger partial charge in [-0.3, -0.25) is 0 Å². The summed E-state index contributed by atoms with van der Waals surface area (Å²) in [7, 11) is 0. The van der Waals surface area contributed by atoms with Crippen molar-refractivity contribution in [3.8, 4) is 5.82 Å². The lowest BCUT2D eigenvalue weighted by molar-refractivity contribution is -0.137. The van der Waals surface area contributed by atoms with Gasteiger partial charge in [0.15, 0.2) is 5.82 Å². The number of hydrogen-bond donors (Lipinski definition) is 0. The first-order valence-electron chi connectivity index (χ1n) is 5.33. The molecule has 0 amide bonds. The van der Waals surface area contributed by atoms with Crippen LogP contribution in [-0.2, 0) is 6.18 Å². The number of pyridine rings is 1.